The van der Waals surface area contributed by atoms with Crippen LogP contribution in [-0.4, -0.2) is 31.0 Å². The molecule has 74 heavy (non-hydrogen) atoms. The summed E-state index contributed by atoms with van der Waals surface area (Å²) in [5.74, 6) is 3.50. The van der Waals surface area contributed by atoms with E-state index in [9.17, 15) is 0 Å². The first-order chi connectivity index (χ1) is 36.3. The number of benzene rings is 4. The Kier molecular flexibility index (Phi) is 26.1. The zero-order chi connectivity index (χ0) is 53.7. The minimum Gasteiger partial charge on any atom is -0.317 e. The summed E-state index contributed by atoms with van der Waals surface area (Å²) in [5, 5.41) is 5.50. The van der Waals surface area contributed by atoms with Gasteiger partial charge < -0.3 is 5.41 Å². The van der Waals surface area contributed by atoms with E-state index in [0.29, 0.717) is 24.2 Å². The summed E-state index contributed by atoms with van der Waals surface area (Å²) in [6.07, 6.45) is 30.6. The van der Waals surface area contributed by atoms with Gasteiger partial charge in [0.25, 0.3) is 0 Å². The maximum absolute atomic E-state index is 5.50. The lowest BCUT2D eigenvalue weighted by molar-refractivity contribution is 0.228. The molecule has 1 aromatic heterocycles. The summed E-state index contributed by atoms with van der Waals surface area (Å²) >= 11 is 0. The van der Waals surface area contributed by atoms with Crippen molar-refractivity contribution in [1.29, 1.82) is 5.41 Å². The molecule has 5 aromatic rings. The molecule has 0 aliphatic heterocycles. The van der Waals surface area contributed by atoms with Crippen LogP contribution in [0.2, 0.25) is 0 Å². The summed E-state index contributed by atoms with van der Waals surface area (Å²) < 4.78 is 0. The third kappa shape index (κ3) is 15.6. The van der Waals surface area contributed by atoms with E-state index in [4.69, 9.17) is 15.4 Å². The third-order valence-corrected chi connectivity index (χ3v) is 14.5. The predicted molar refractivity (Wildman–Crippen MR) is 326 cm³/mol. The van der Waals surface area contributed by atoms with Gasteiger partial charge in [-0.05, 0) is 167 Å². The number of nitrogens with one attached hydrogen (secondary N) is 1. The first kappa shape index (κ1) is 59.7. The fourth-order valence-corrected chi connectivity index (χ4v) is 11.0. The summed E-state index contributed by atoms with van der Waals surface area (Å²) in [4.78, 5) is 18.1. The van der Waals surface area contributed by atoms with Gasteiger partial charge in [0, 0.05) is 22.1 Å². The van der Waals surface area contributed by atoms with Crippen molar-refractivity contribution < 1.29 is 0 Å². The highest BCUT2D eigenvalue weighted by atomic mass is 14.9. The van der Waals surface area contributed by atoms with Crippen molar-refractivity contribution in [2.75, 3.05) is 0 Å². The van der Waals surface area contributed by atoms with E-state index in [1.165, 1.54) is 54.4 Å². The highest BCUT2D eigenvalue weighted by Crippen LogP contribution is 2.61. The second kappa shape index (κ2) is 32.4. The summed E-state index contributed by atoms with van der Waals surface area (Å²) in [7, 11) is 0. The van der Waals surface area contributed by atoms with E-state index in [1.807, 2.05) is 82.3 Å². The van der Waals surface area contributed by atoms with Crippen molar-refractivity contribution in [2.24, 2.45) is 38.6 Å². The minimum atomic E-state index is 0.00115. The number of aromatic nitrogens is 1. The van der Waals surface area contributed by atoms with Crippen LogP contribution in [0, 0.1) is 29.1 Å². The Balaban J connectivity index is 0.000000408. The Morgan fingerprint density at radius 3 is 2.04 bits per heavy atom. The zero-order valence-electron chi connectivity index (χ0n) is 46.5. The Bertz CT molecular complexity index is 2720. The smallest absolute Gasteiger partial charge is 0.154 e. The first-order valence-corrected chi connectivity index (χ1v) is 27.4. The fraction of sp³-hybridized carbons (Fsp3) is 0.348. The first-order valence-electron chi connectivity index (χ1n) is 27.4. The van der Waals surface area contributed by atoms with Crippen molar-refractivity contribution in [3.63, 3.8) is 0 Å². The molecule has 0 bridgehead atoms. The molecule has 0 saturated heterocycles. The maximum atomic E-state index is 5.50. The van der Waals surface area contributed by atoms with Gasteiger partial charge >= 0.3 is 0 Å². The minimum absolute atomic E-state index is 0.00115. The van der Waals surface area contributed by atoms with Gasteiger partial charge in [-0.2, -0.15) is 0 Å². The molecule has 4 aliphatic carbocycles. The lowest BCUT2D eigenvalue weighted by Crippen LogP contribution is -2.41. The largest absolute Gasteiger partial charge is 0.317 e. The molecule has 388 valence electrons. The van der Waals surface area contributed by atoms with Gasteiger partial charge in [0.05, 0.1) is 24.5 Å². The van der Waals surface area contributed by atoms with E-state index in [1.54, 1.807) is 11.1 Å². The Morgan fingerprint density at radius 1 is 0.770 bits per heavy atom. The molecular formula is C69H87N5. The number of fused-ring (bicyclic) bond motifs is 4. The number of aliphatic imine (C=N–C) groups is 3. The molecule has 4 aliphatic rings. The summed E-state index contributed by atoms with van der Waals surface area (Å²) in [6, 6.07) is 42.2. The average molecular weight is 986 g/mol. The van der Waals surface area contributed by atoms with Crippen molar-refractivity contribution in [1.82, 2.24) is 4.98 Å². The van der Waals surface area contributed by atoms with Crippen LogP contribution in [0.3, 0.4) is 0 Å². The van der Waals surface area contributed by atoms with Gasteiger partial charge in [0.2, 0.25) is 0 Å². The van der Waals surface area contributed by atoms with Gasteiger partial charge in [-0.3, -0.25) is 9.98 Å². The quantitative estimate of drug-likeness (QED) is 0.0845. The highest BCUT2D eigenvalue weighted by molar-refractivity contribution is 6.02. The van der Waals surface area contributed by atoms with Crippen molar-refractivity contribution in [2.45, 2.75) is 132 Å². The number of rotatable bonds is 10. The van der Waals surface area contributed by atoms with Crippen LogP contribution in [0.5, 0.6) is 0 Å². The molecule has 4 unspecified atom stereocenters. The van der Waals surface area contributed by atoms with E-state index in [-0.39, 0.29) is 5.41 Å². The van der Waals surface area contributed by atoms with Gasteiger partial charge in [-0.25, -0.2) is 9.98 Å². The third-order valence-electron chi connectivity index (χ3n) is 14.5. The van der Waals surface area contributed by atoms with Crippen LogP contribution in [-0.2, 0) is 18.5 Å². The lowest BCUT2D eigenvalue weighted by Gasteiger charge is -2.45. The molecule has 1 fully saturated rings. The molecule has 0 radical (unpaired) electrons. The normalized spacial score (nSPS) is 20.8. The molecular weight excluding hydrogens is 899 g/mol. The molecule has 5 atom stereocenters. The molecule has 5 nitrogen and oxygen atoms in total. The van der Waals surface area contributed by atoms with Crippen molar-refractivity contribution in [3.05, 3.63) is 215 Å². The average Bonchev–Trinajstić information content (AvgIpc) is 3.59. The molecule has 1 heterocycles. The second-order valence-corrected chi connectivity index (χ2v) is 18.9. The highest BCUT2D eigenvalue weighted by Gasteiger charge is 2.53. The van der Waals surface area contributed by atoms with Crippen LogP contribution in [0.15, 0.2) is 202 Å². The molecule has 5 heteroatoms. The number of pyridine rings is 1. The molecule has 1 saturated carbocycles. The van der Waals surface area contributed by atoms with Crippen LogP contribution < -0.4 is 0 Å². The zero-order valence-corrected chi connectivity index (χ0v) is 46.5. The Morgan fingerprint density at radius 2 is 1.43 bits per heavy atom. The fourth-order valence-electron chi connectivity index (χ4n) is 11.0. The van der Waals surface area contributed by atoms with Crippen LogP contribution in [0.4, 0.5) is 0 Å². The monoisotopic (exact) mass is 986 g/mol. The molecule has 0 amide bonds. The predicted octanol–water partition coefficient (Wildman–Crippen LogP) is 19.1. The maximum Gasteiger partial charge on any atom is 0.154 e. The van der Waals surface area contributed by atoms with E-state index < -0.39 is 0 Å². The number of amidine groups is 1. The molecule has 9 rings (SSSR count). The van der Waals surface area contributed by atoms with E-state index in [0.717, 1.165) is 71.3 Å². The lowest BCUT2D eigenvalue weighted by atomic mass is 9.58. The molecule has 1 spiro atoms. The number of allylic oxidation sites excluding steroid dienone is 12. The standard InChI is InChI=1S/C47H47N3.C9H16.C8H9N.2C2H6.CH3N/c1-5-7-20-39-29-34(6-2)26-25-33(3)47(39)42-22-13-9-12-21-40(42)41-31-37(27-28-43(41)47)45-24-15-23-44(50-45)36-18-14-19-38(30-36)46(48-4)49-32-35-16-10-8-11-17-35;1-3-9-6-4-5-8(2)7-9;1-9-7-8-5-3-2-4-6-8;3*1-2/h5-19,21,23-24,27-28,30-31,33,39H,4,20,22,25-26,29,32H2,1-3H3;4,6,8-9H,3,5,7H2,1-2H3;2-6H,1,7H2;2*1-2H3;2H,1H2/b7-5?,34-6-,49-46?;;;;;/t;8-,9?;;;;/m.0..../s1. The molecule has 4 aromatic carbocycles. The van der Waals surface area contributed by atoms with Gasteiger partial charge in [-0.15, -0.1) is 0 Å². The number of hydrogen-bond donors (Lipinski definition) is 1. The van der Waals surface area contributed by atoms with Crippen LogP contribution in [0.25, 0.3) is 28.1 Å². The van der Waals surface area contributed by atoms with Gasteiger partial charge in [-0.1, -0.05) is 206 Å². The van der Waals surface area contributed by atoms with Crippen LogP contribution >= 0.6 is 0 Å². The van der Waals surface area contributed by atoms with E-state index in [2.05, 4.69) is 186 Å². The van der Waals surface area contributed by atoms with Gasteiger partial charge in [0.1, 0.15) is 0 Å². The SMILES string of the molecule is C=N.C=NC(=NCc1ccccc1)c1cccc(-c2cccc(-c3ccc4c(c3)C3=C(CC=CC=C3)C43C(C)CC/C(=C/C)CC3CC=CC)n2)c1.C=NCc1ccccc1.CC.CC.CCC1C=CC[C@H](C)C1. The summed E-state index contributed by atoms with van der Waals surface area (Å²) in [6.45, 7) is 30.5. The summed E-state index contributed by atoms with van der Waals surface area (Å²) in [5.41, 5.74) is 14.9. The Hall–Kier alpha value is -6.85. The van der Waals surface area contributed by atoms with E-state index >= 15 is 0 Å². The Labute approximate surface area is 448 Å². The van der Waals surface area contributed by atoms with Crippen molar-refractivity contribution in [3.8, 4) is 22.5 Å². The van der Waals surface area contributed by atoms with Gasteiger partial charge in [0.15, 0.2) is 5.84 Å². The number of hydrogen-bond acceptors (Lipinski definition) is 4. The number of nitrogens with zero attached hydrogens (tertiary/aromatic N) is 4. The second-order valence-electron chi connectivity index (χ2n) is 18.9. The van der Waals surface area contributed by atoms with Crippen LogP contribution in [0.1, 0.15) is 141 Å². The molecule has 1 N–H and O–H groups in total. The topological polar surface area (TPSA) is 73.8 Å². The van der Waals surface area contributed by atoms with Crippen molar-refractivity contribution >= 4 is 31.6 Å².